The average Bonchev–Trinajstić information content (AvgIpc) is 2.67. The highest BCUT2D eigenvalue weighted by atomic mass is 16.5. The summed E-state index contributed by atoms with van der Waals surface area (Å²) in [5.41, 5.74) is 7.28. The second kappa shape index (κ2) is 8.00. The molecule has 0 bridgehead atoms. The lowest BCUT2D eigenvalue weighted by atomic mass is 9.83. The molecule has 0 saturated heterocycles. The number of amides is 1. The molecule has 4 N–H and O–H groups in total. The standard InChI is InChI=1S/C19H24N2O4/c1-19(11-20,12-22)14-5-7-15(8-6-14)21-18(23)13-4-9-16(24-2)17(10-13)25-3/h4-10,22H,11-12,20H2,1-3H3,(H,21,23). The van der Waals surface area contributed by atoms with Gasteiger partial charge in [-0.1, -0.05) is 19.1 Å². The van der Waals surface area contributed by atoms with Crippen LogP contribution in [0.15, 0.2) is 42.5 Å². The molecule has 6 nitrogen and oxygen atoms in total. The molecule has 0 aliphatic carbocycles. The maximum atomic E-state index is 12.4. The topological polar surface area (TPSA) is 93.8 Å². The molecule has 1 unspecified atom stereocenters. The third-order valence-electron chi connectivity index (χ3n) is 4.28. The number of nitrogens with one attached hydrogen (secondary N) is 1. The highest BCUT2D eigenvalue weighted by Crippen LogP contribution is 2.28. The van der Waals surface area contributed by atoms with Crippen molar-refractivity contribution < 1.29 is 19.4 Å². The predicted molar refractivity (Wildman–Crippen MR) is 97.4 cm³/mol. The maximum Gasteiger partial charge on any atom is 0.255 e. The Morgan fingerprint density at radius 1 is 1.12 bits per heavy atom. The molecule has 0 aromatic heterocycles. The molecule has 0 aliphatic rings. The highest BCUT2D eigenvalue weighted by Gasteiger charge is 2.23. The average molecular weight is 344 g/mol. The molecule has 2 rings (SSSR count). The van der Waals surface area contributed by atoms with E-state index in [0.717, 1.165) is 5.56 Å². The first kappa shape index (κ1) is 18.8. The van der Waals surface area contributed by atoms with Crippen LogP contribution in [0, 0.1) is 0 Å². The van der Waals surface area contributed by atoms with Gasteiger partial charge in [-0.15, -0.1) is 0 Å². The number of carbonyl (C=O) groups is 1. The first-order valence-corrected chi connectivity index (χ1v) is 7.92. The van der Waals surface area contributed by atoms with E-state index in [1.165, 1.54) is 7.11 Å². The smallest absolute Gasteiger partial charge is 0.255 e. The lowest BCUT2D eigenvalue weighted by Gasteiger charge is -2.26. The van der Waals surface area contributed by atoms with E-state index in [1.54, 1.807) is 37.4 Å². The van der Waals surface area contributed by atoms with Gasteiger partial charge in [0.1, 0.15) is 0 Å². The van der Waals surface area contributed by atoms with Crippen LogP contribution in [0.1, 0.15) is 22.8 Å². The van der Waals surface area contributed by atoms with Crippen LogP contribution < -0.4 is 20.5 Å². The van der Waals surface area contributed by atoms with Crippen LogP contribution in [0.25, 0.3) is 0 Å². The van der Waals surface area contributed by atoms with Gasteiger partial charge in [0.25, 0.3) is 5.91 Å². The van der Waals surface area contributed by atoms with E-state index in [2.05, 4.69) is 5.32 Å². The molecule has 0 heterocycles. The monoisotopic (exact) mass is 344 g/mol. The van der Waals surface area contributed by atoms with Gasteiger partial charge in [-0.2, -0.15) is 0 Å². The minimum Gasteiger partial charge on any atom is -0.493 e. The Labute approximate surface area is 147 Å². The summed E-state index contributed by atoms with van der Waals surface area (Å²) < 4.78 is 10.4. The number of aliphatic hydroxyl groups excluding tert-OH is 1. The summed E-state index contributed by atoms with van der Waals surface area (Å²) in [5.74, 6) is 0.804. The van der Waals surface area contributed by atoms with E-state index in [-0.39, 0.29) is 12.5 Å². The van der Waals surface area contributed by atoms with Gasteiger partial charge in [-0.3, -0.25) is 4.79 Å². The van der Waals surface area contributed by atoms with Crippen molar-refractivity contribution in [1.29, 1.82) is 0 Å². The molecule has 0 radical (unpaired) electrons. The summed E-state index contributed by atoms with van der Waals surface area (Å²) in [7, 11) is 3.06. The molecular formula is C19H24N2O4. The minimum atomic E-state index is -0.494. The zero-order chi connectivity index (χ0) is 18.4. The number of benzene rings is 2. The fourth-order valence-electron chi connectivity index (χ4n) is 2.41. The van der Waals surface area contributed by atoms with E-state index in [0.29, 0.717) is 29.3 Å². The number of methoxy groups -OCH3 is 2. The van der Waals surface area contributed by atoms with Gasteiger partial charge >= 0.3 is 0 Å². The summed E-state index contributed by atoms with van der Waals surface area (Å²) in [6.07, 6.45) is 0. The normalized spacial score (nSPS) is 13.0. The Bertz CT molecular complexity index is 725. The van der Waals surface area contributed by atoms with Crippen molar-refractivity contribution in [2.45, 2.75) is 12.3 Å². The molecule has 2 aromatic rings. The van der Waals surface area contributed by atoms with Crippen LogP contribution in [0.3, 0.4) is 0 Å². The number of aliphatic hydroxyl groups is 1. The Hall–Kier alpha value is -2.57. The first-order chi connectivity index (χ1) is 12.0. The molecule has 1 atom stereocenters. The second-order valence-corrected chi connectivity index (χ2v) is 6.02. The zero-order valence-electron chi connectivity index (χ0n) is 14.7. The van der Waals surface area contributed by atoms with Gasteiger partial charge in [-0.25, -0.2) is 0 Å². The molecule has 1 amide bonds. The van der Waals surface area contributed by atoms with E-state index in [4.69, 9.17) is 15.2 Å². The Balaban J connectivity index is 2.16. The highest BCUT2D eigenvalue weighted by molar-refractivity contribution is 6.04. The van der Waals surface area contributed by atoms with Gasteiger partial charge in [0.2, 0.25) is 0 Å². The van der Waals surface area contributed by atoms with Crippen LogP contribution in [0.4, 0.5) is 5.69 Å². The molecule has 0 fully saturated rings. The van der Waals surface area contributed by atoms with Crippen molar-refractivity contribution >= 4 is 11.6 Å². The summed E-state index contributed by atoms with van der Waals surface area (Å²) in [6, 6.07) is 12.3. The molecule has 0 saturated carbocycles. The van der Waals surface area contributed by atoms with Crippen LogP contribution >= 0.6 is 0 Å². The molecule has 25 heavy (non-hydrogen) atoms. The largest absolute Gasteiger partial charge is 0.493 e. The van der Waals surface area contributed by atoms with Gasteiger partial charge in [0, 0.05) is 23.2 Å². The van der Waals surface area contributed by atoms with Crippen molar-refractivity contribution in [2.24, 2.45) is 5.73 Å². The van der Waals surface area contributed by atoms with Crippen molar-refractivity contribution in [3.05, 3.63) is 53.6 Å². The Morgan fingerprint density at radius 2 is 1.76 bits per heavy atom. The second-order valence-electron chi connectivity index (χ2n) is 6.02. The van der Waals surface area contributed by atoms with Crippen LogP contribution in [0.5, 0.6) is 11.5 Å². The third-order valence-corrected chi connectivity index (χ3v) is 4.28. The summed E-state index contributed by atoms with van der Waals surface area (Å²) in [4.78, 5) is 12.4. The maximum absolute atomic E-state index is 12.4. The Kier molecular flexibility index (Phi) is 6.01. The third kappa shape index (κ3) is 4.10. The Morgan fingerprint density at radius 3 is 2.28 bits per heavy atom. The van der Waals surface area contributed by atoms with E-state index < -0.39 is 5.41 Å². The summed E-state index contributed by atoms with van der Waals surface area (Å²) in [5, 5.41) is 12.4. The van der Waals surface area contributed by atoms with Gasteiger partial charge < -0.3 is 25.6 Å². The molecular weight excluding hydrogens is 320 g/mol. The molecule has 2 aromatic carbocycles. The van der Waals surface area contributed by atoms with Gasteiger partial charge in [0.05, 0.1) is 20.8 Å². The van der Waals surface area contributed by atoms with Crippen molar-refractivity contribution in [2.75, 3.05) is 32.7 Å². The van der Waals surface area contributed by atoms with E-state index >= 15 is 0 Å². The number of hydrogen-bond donors (Lipinski definition) is 3. The molecule has 0 aliphatic heterocycles. The minimum absolute atomic E-state index is 0.0408. The van der Waals surface area contributed by atoms with Crippen LogP contribution in [-0.4, -0.2) is 38.4 Å². The van der Waals surface area contributed by atoms with Crippen molar-refractivity contribution in [3.8, 4) is 11.5 Å². The van der Waals surface area contributed by atoms with Gasteiger partial charge in [-0.05, 0) is 35.9 Å². The molecule has 134 valence electrons. The fourth-order valence-corrected chi connectivity index (χ4v) is 2.41. The quantitative estimate of drug-likeness (QED) is 0.716. The summed E-state index contributed by atoms with van der Waals surface area (Å²) >= 11 is 0. The molecule has 0 spiro atoms. The number of carbonyl (C=O) groups excluding carboxylic acids is 1. The number of anilines is 1. The van der Waals surface area contributed by atoms with E-state index in [9.17, 15) is 9.90 Å². The number of ether oxygens (including phenoxy) is 2. The summed E-state index contributed by atoms with van der Waals surface area (Å²) in [6.45, 7) is 2.19. The predicted octanol–water partition coefficient (Wildman–Crippen LogP) is 2.16. The van der Waals surface area contributed by atoms with Crippen molar-refractivity contribution in [3.63, 3.8) is 0 Å². The number of nitrogens with two attached hydrogens (primary N) is 1. The van der Waals surface area contributed by atoms with Crippen LogP contribution in [-0.2, 0) is 5.41 Å². The number of rotatable bonds is 7. The fraction of sp³-hybridized carbons (Fsp3) is 0.316. The number of hydrogen-bond acceptors (Lipinski definition) is 5. The SMILES string of the molecule is COc1ccc(C(=O)Nc2ccc(C(C)(CN)CO)cc2)cc1OC. The van der Waals surface area contributed by atoms with Crippen molar-refractivity contribution in [1.82, 2.24) is 0 Å². The van der Waals surface area contributed by atoms with Gasteiger partial charge in [0.15, 0.2) is 11.5 Å². The zero-order valence-corrected chi connectivity index (χ0v) is 14.7. The lowest BCUT2D eigenvalue weighted by Crippen LogP contribution is -2.35. The van der Waals surface area contributed by atoms with Crippen LogP contribution in [0.2, 0.25) is 0 Å². The lowest BCUT2D eigenvalue weighted by molar-refractivity contribution is 0.102. The molecule has 6 heteroatoms. The van der Waals surface area contributed by atoms with E-state index in [1.807, 2.05) is 19.1 Å². The first-order valence-electron chi connectivity index (χ1n) is 7.92.